The summed E-state index contributed by atoms with van der Waals surface area (Å²) in [6.45, 7) is 6.16. The van der Waals surface area contributed by atoms with Crippen molar-refractivity contribution in [3.8, 4) is 0 Å². The average Bonchev–Trinajstić information content (AvgIpc) is 2.53. The molecule has 88 valence electrons. The van der Waals surface area contributed by atoms with E-state index < -0.39 is 0 Å². The van der Waals surface area contributed by atoms with E-state index in [1.54, 1.807) is 0 Å². The van der Waals surface area contributed by atoms with Crippen molar-refractivity contribution in [1.82, 2.24) is 9.80 Å². The van der Waals surface area contributed by atoms with Crippen LogP contribution >= 0.6 is 0 Å². The molecule has 16 heavy (non-hydrogen) atoms. The van der Waals surface area contributed by atoms with Crippen LogP contribution < -0.4 is 0 Å². The van der Waals surface area contributed by atoms with Crippen LogP contribution in [0.1, 0.15) is 12.0 Å². The van der Waals surface area contributed by atoms with Gasteiger partial charge in [-0.2, -0.15) is 0 Å². The number of hydrogen-bond donors (Lipinski definition) is 0. The minimum atomic E-state index is 1.19. The Morgan fingerprint density at radius 2 is 1.81 bits per heavy atom. The summed E-state index contributed by atoms with van der Waals surface area (Å²) in [5.74, 6) is 0. The van der Waals surface area contributed by atoms with E-state index in [2.05, 4.69) is 47.2 Å². The third-order valence-corrected chi connectivity index (χ3v) is 3.37. The molecule has 0 spiro atoms. The molecule has 0 radical (unpaired) electrons. The smallest absolute Gasteiger partial charge is 0.0109 e. The van der Waals surface area contributed by atoms with E-state index in [9.17, 15) is 0 Å². The first-order chi connectivity index (χ1) is 7.84. The predicted molar refractivity (Wildman–Crippen MR) is 68.7 cm³/mol. The molecule has 1 aliphatic heterocycles. The highest BCUT2D eigenvalue weighted by Crippen LogP contribution is 2.04. The zero-order valence-electron chi connectivity index (χ0n) is 10.2. The molecule has 0 N–H and O–H groups in total. The van der Waals surface area contributed by atoms with E-state index in [0.29, 0.717) is 0 Å². The molecule has 1 saturated heterocycles. The molecule has 1 heterocycles. The molecule has 1 aliphatic rings. The van der Waals surface area contributed by atoms with Gasteiger partial charge in [0.1, 0.15) is 0 Å². The van der Waals surface area contributed by atoms with Gasteiger partial charge in [0.25, 0.3) is 0 Å². The van der Waals surface area contributed by atoms with Gasteiger partial charge in [0.15, 0.2) is 0 Å². The normalized spacial score (nSPS) is 19.6. The molecule has 0 bridgehead atoms. The molecule has 0 unspecified atom stereocenters. The maximum absolute atomic E-state index is 2.59. The molecule has 0 amide bonds. The SMILES string of the molecule is CN1CCCN(CCc2ccccc2)CC1. The molecule has 2 rings (SSSR count). The number of likely N-dealkylation sites (N-methyl/N-ethyl adjacent to an activating group) is 1. The molecular formula is C14H22N2. The summed E-state index contributed by atoms with van der Waals surface area (Å²) in [7, 11) is 2.22. The van der Waals surface area contributed by atoms with E-state index >= 15 is 0 Å². The average molecular weight is 218 g/mol. The molecule has 0 aliphatic carbocycles. The lowest BCUT2D eigenvalue weighted by molar-refractivity contribution is 0.279. The van der Waals surface area contributed by atoms with E-state index in [4.69, 9.17) is 0 Å². The first-order valence-corrected chi connectivity index (χ1v) is 6.29. The van der Waals surface area contributed by atoms with Crippen LogP contribution in [-0.4, -0.2) is 49.6 Å². The summed E-state index contributed by atoms with van der Waals surface area (Å²) in [6, 6.07) is 10.8. The molecule has 1 fully saturated rings. The largest absolute Gasteiger partial charge is 0.305 e. The molecule has 0 atom stereocenters. The van der Waals surface area contributed by atoms with Gasteiger partial charge in [0, 0.05) is 19.6 Å². The van der Waals surface area contributed by atoms with Crippen LogP contribution in [-0.2, 0) is 6.42 Å². The van der Waals surface area contributed by atoms with Crippen LogP contribution in [0.4, 0.5) is 0 Å². The van der Waals surface area contributed by atoms with Crippen molar-refractivity contribution in [2.24, 2.45) is 0 Å². The Bertz CT molecular complexity index is 297. The molecule has 0 saturated carbocycles. The standard InChI is InChI=1S/C14H22N2/c1-15-9-5-10-16(13-12-15)11-8-14-6-3-2-4-7-14/h2-4,6-7H,5,8-13H2,1H3. The third kappa shape index (κ3) is 3.62. The Balaban J connectivity index is 1.77. The summed E-state index contributed by atoms with van der Waals surface area (Å²) >= 11 is 0. The van der Waals surface area contributed by atoms with E-state index in [1.807, 2.05) is 0 Å². The first kappa shape index (κ1) is 11.6. The maximum Gasteiger partial charge on any atom is 0.0109 e. The van der Waals surface area contributed by atoms with Crippen LogP contribution in [0.5, 0.6) is 0 Å². The van der Waals surface area contributed by atoms with Crippen LogP contribution in [0.15, 0.2) is 30.3 Å². The van der Waals surface area contributed by atoms with Gasteiger partial charge in [-0.25, -0.2) is 0 Å². The Kier molecular flexibility index (Phi) is 4.37. The highest BCUT2D eigenvalue weighted by atomic mass is 15.2. The topological polar surface area (TPSA) is 6.48 Å². The van der Waals surface area contributed by atoms with Crippen LogP contribution in [0.25, 0.3) is 0 Å². The minimum Gasteiger partial charge on any atom is -0.305 e. The first-order valence-electron chi connectivity index (χ1n) is 6.29. The molecular weight excluding hydrogens is 196 g/mol. The second-order valence-electron chi connectivity index (χ2n) is 4.73. The Morgan fingerprint density at radius 1 is 1.00 bits per heavy atom. The lowest BCUT2D eigenvalue weighted by Gasteiger charge is -2.19. The van der Waals surface area contributed by atoms with Crippen LogP contribution in [0, 0.1) is 0 Å². The lowest BCUT2D eigenvalue weighted by atomic mass is 10.1. The number of benzene rings is 1. The second-order valence-corrected chi connectivity index (χ2v) is 4.73. The molecule has 0 aromatic heterocycles. The summed E-state index contributed by atoms with van der Waals surface area (Å²) in [4.78, 5) is 5.03. The van der Waals surface area contributed by atoms with Crippen molar-refractivity contribution in [2.45, 2.75) is 12.8 Å². The third-order valence-electron chi connectivity index (χ3n) is 3.37. The minimum absolute atomic E-state index is 1.19. The van der Waals surface area contributed by atoms with Crippen LogP contribution in [0.2, 0.25) is 0 Å². The summed E-state index contributed by atoms with van der Waals surface area (Å²) < 4.78 is 0. The number of rotatable bonds is 3. The summed E-state index contributed by atoms with van der Waals surface area (Å²) in [6.07, 6.45) is 2.50. The zero-order chi connectivity index (χ0) is 11.2. The number of nitrogens with zero attached hydrogens (tertiary/aromatic N) is 2. The fraction of sp³-hybridized carbons (Fsp3) is 0.571. The van der Waals surface area contributed by atoms with Gasteiger partial charge in [-0.3, -0.25) is 0 Å². The van der Waals surface area contributed by atoms with Crippen molar-refractivity contribution in [2.75, 3.05) is 39.8 Å². The Hall–Kier alpha value is -0.860. The molecule has 2 heteroatoms. The quantitative estimate of drug-likeness (QED) is 0.764. The van der Waals surface area contributed by atoms with E-state index in [-0.39, 0.29) is 0 Å². The van der Waals surface area contributed by atoms with Crippen molar-refractivity contribution < 1.29 is 0 Å². The molecule has 1 aromatic rings. The monoisotopic (exact) mass is 218 g/mol. The van der Waals surface area contributed by atoms with Crippen molar-refractivity contribution in [1.29, 1.82) is 0 Å². The maximum atomic E-state index is 2.59. The number of hydrogen-bond acceptors (Lipinski definition) is 2. The summed E-state index contributed by atoms with van der Waals surface area (Å²) in [5, 5.41) is 0. The fourth-order valence-corrected chi connectivity index (χ4v) is 2.26. The molecule has 2 nitrogen and oxygen atoms in total. The lowest BCUT2D eigenvalue weighted by Crippen LogP contribution is -2.30. The van der Waals surface area contributed by atoms with Crippen molar-refractivity contribution in [3.05, 3.63) is 35.9 Å². The van der Waals surface area contributed by atoms with Crippen LogP contribution in [0.3, 0.4) is 0 Å². The highest BCUT2D eigenvalue weighted by molar-refractivity contribution is 5.14. The summed E-state index contributed by atoms with van der Waals surface area (Å²) in [5.41, 5.74) is 1.46. The molecule has 1 aromatic carbocycles. The predicted octanol–water partition coefficient (Wildman–Crippen LogP) is 1.87. The van der Waals surface area contributed by atoms with Gasteiger partial charge < -0.3 is 9.80 Å². The van der Waals surface area contributed by atoms with Gasteiger partial charge >= 0.3 is 0 Å². The highest BCUT2D eigenvalue weighted by Gasteiger charge is 2.11. The van der Waals surface area contributed by atoms with Crippen molar-refractivity contribution >= 4 is 0 Å². The zero-order valence-corrected chi connectivity index (χ0v) is 10.2. The van der Waals surface area contributed by atoms with Gasteiger partial charge in [-0.1, -0.05) is 30.3 Å². The van der Waals surface area contributed by atoms with Gasteiger partial charge in [0.05, 0.1) is 0 Å². The van der Waals surface area contributed by atoms with Crippen molar-refractivity contribution in [3.63, 3.8) is 0 Å². The van der Waals surface area contributed by atoms with E-state index in [0.717, 1.165) is 0 Å². The second kappa shape index (κ2) is 6.02. The van der Waals surface area contributed by atoms with E-state index in [1.165, 1.54) is 51.1 Å². The van der Waals surface area contributed by atoms with Gasteiger partial charge in [-0.15, -0.1) is 0 Å². The Morgan fingerprint density at radius 3 is 2.62 bits per heavy atom. The van der Waals surface area contributed by atoms with Gasteiger partial charge in [-0.05, 0) is 38.5 Å². The fourth-order valence-electron chi connectivity index (χ4n) is 2.26. The Labute approximate surface area is 98.9 Å². The van der Waals surface area contributed by atoms with Gasteiger partial charge in [0.2, 0.25) is 0 Å².